The predicted octanol–water partition coefficient (Wildman–Crippen LogP) is 2.72. The quantitative estimate of drug-likeness (QED) is 0.405. The minimum absolute atomic E-state index is 0. The van der Waals surface area contributed by atoms with E-state index in [9.17, 15) is 0 Å². The van der Waals surface area contributed by atoms with Gasteiger partial charge in [-0.1, -0.05) is 26.2 Å². The highest BCUT2D eigenvalue weighted by Crippen LogP contribution is 1.94. The molecule has 0 heterocycles. The highest BCUT2D eigenvalue weighted by Gasteiger charge is 1.99. The zero-order valence-corrected chi connectivity index (χ0v) is 7.54. The number of hydrogen-bond acceptors (Lipinski definition) is 0. The van der Waals surface area contributed by atoms with Crippen LogP contribution in [0.5, 0.6) is 0 Å². The third-order valence-electron chi connectivity index (χ3n) is 0. The minimum atomic E-state index is -0.611. The highest BCUT2D eigenvalue weighted by molar-refractivity contribution is 6.74. The maximum absolute atomic E-state index is 2.33. The fraction of sp³-hybridized carbons (Fsp3) is 1.00. The molecule has 72 valence electrons. The van der Waals surface area contributed by atoms with Gasteiger partial charge in [0.2, 0.25) is 0 Å². The predicted molar refractivity (Wildman–Crippen MR) is 41.7 cm³/mol. The summed E-state index contributed by atoms with van der Waals surface area (Å²) in [6.45, 7) is 9.31. The molecule has 0 aliphatic rings. The molecule has 0 N–H and O–H groups in total. The number of hydrogen-bond donors (Lipinski definition) is 0. The third-order valence-corrected chi connectivity index (χ3v) is 0. The Labute approximate surface area is 58.9 Å². The Balaban J connectivity index is -0.00000000800. The van der Waals surface area contributed by atoms with E-state index in [1.54, 1.807) is 0 Å². The van der Waals surface area contributed by atoms with E-state index < -0.39 is 8.07 Å². The standard InChI is InChI=1S/C4H12Si.5FH/c1-5(2,3)4;;;;;/h1-4H3;5*1H. The molecule has 6 heteroatoms. The molecular formula is C4H17F5Si. The number of halogens is 5. The van der Waals surface area contributed by atoms with Crippen LogP contribution >= 0.6 is 0 Å². The van der Waals surface area contributed by atoms with Crippen LogP contribution in [0.2, 0.25) is 26.2 Å². The summed E-state index contributed by atoms with van der Waals surface area (Å²) in [6, 6.07) is 0. The molecule has 0 nitrogen and oxygen atoms in total. The van der Waals surface area contributed by atoms with Crippen LogP contribution in [0, 0.1) is 0 Å². The molecule has 0 unspecified atom stereocenters. The Hall–Kier alpha value is -0.133. The second-order valence-corrected chi connectivity index (χ2v) is 9.00. The van der Waals surface area contributed by atoms with Gasteiger partial charge in [0.1, 0.15) is 0 Å². The van der Waals surface area contributed by atoms with E-state index in [4.69, 9.17) is 0 Å². The second-order valence-electron chi connectivity index (χ2n) is 3.00. The Morgan fingerprint density at radius 2 is 0.500 bits per heavy atom. The van der Waals surface area contributed by atoms with Gasteiger partial charge in [-0.15, -0.1) is 0 Å². The Morgan fingerprint density at radius 1 is 0.500 bits per heavy atom. The van der Waals surface area contributed by atoms with Crippen molar-refractivity contribution in [2.24, 2.45) is 0 Å². The largest absolute Gasteiger partial charge is 0.269 e. The van der Waals surface area contributed by atoms with Gasteiger partial charge in [0.15, 0.2) is 0 Å². The molecule has 0 fully saturated rings. The summed E-state index contributed by atoms with van der Waals surface area (Å²) in [5, 5.41) is 0. The van der Waals surface area contributed by atoms with Gasteiger partial charge in [-0.3, -0.25) is 23.5 Å². The van der Waals surface area contributed by atoms with E-state index in [2.05, 4.69) is 26.2 Å². The van der Waals surface area contributed by atoms with Crippen molar-refractivity contribution in [2.45, 2.75) is 26.2 Å². The van der Waals surface area contributed by atoms with Gasteiger partial charge >= 0.3 is 0 Å². The van der Waals surface area contributed by atoms with E-state index in [0.717, 1.165) is 0 Å². The van der Waals surface area contributed by atoms with E-state index in [1.807, 2.05) is 0 Å². The summed E-state index contributed by atoms with van der Waals surface area (Å²) in [5.41, 5.74) is 0. The van der Waals surface area contributed by atoms with Crippen molar-refractivity contribution in [3.63, 3.8) is 0 Å². The average Bonchev–Trinajstić information content (AvgIpc) is 0.722. The second kappa shape index (κ2) is 15.9. The van der Waals surface area contributed by atoms with Crippen LogP contribution in [0.15, 0.2) is 0 Å². The summed E-state index contributed by atoms with van der Waals surface area (Å²) in [4.78, 5) is 0. The lowest BCUT2D eigenvalue weighted by atomic mass is 11.8. The molecule has 0 bridgehead atoms. The van der Waals surface area contributed by atoms with E-state index in [0.29, 0.717) is 0 Å². The van der Waals surface area contributed by atoms with Gasteiger partial charge in [0.25, 0.3) is 0 Å². The maximum Gasteiger partial charge on any atom is 0.0411 e. The lowest BCUT2D eigenvalue weighted by Crippen LogP contribution is -2.10. The lowest BCUT2D eigenvalue weighted by molar-refractivity contribution is 1.11. The zero-order valence-electron chi connectivity index (χ0n) is 6.54. The van der Waals surface area contributed by atoms with Gasteiger partial charge in [-0.05, 0) is 0 Å². The van der Waals surface area contributed by atoms with Gasteiger partial charge in [-0.2, -0.15) is 0 Å². The first kappa shape index (κ1) is 51.9. The van der Waals surface area contributed by atoms with Crippen LogP contribution in [-0.4, -0.2) is 8.07 Å². The van der Waals surface area contributed by atoms with E-state index >= 15 is 0 Å². The van der Waals surface area contributed by atoms with Gasteiger partial charge in [-0.25, -0.2) is 0 Å². The first-order valence-corrected chi connectivity index (χ1v) is 6.00. The Bertz CT molecular complexity index is 29.1. The zero-order chi connectivity index (χ0) is 4.50. The molecule has 0 rings (SSSR count). The summed E-state index contributed by atoms with van der Waals surface area (Å²) in [7, 11) is -0.611. The average molecular weight is 188 g/mol. The Morgan fingerprint density at radius 3 is 0.500 bits per heavy atom. The molecule has 0 saturated carbocycles. The van der Waals surface area contributed by atoms with Gasteiger partial charge < -0.3 is 0 Å². The summed E-state index contributed by atoms with van der Waals surface area (Å²) < 4.78 is 0. The van der Waals surface area contributed by atoms with E-state index in [1.165, 1.54) is 0 Å². The first-order chi connectivity index (χ1) is 2.00. The molecule has 0 aromatic heterocycles. The van der Waals surface area contributed by atoms with Crippen molar-refractivity contribution in [1.82, 2.24) is 0 Å². The Kier molecular flexibility index (Phi) is 82.7. The molecule has 0 amide bonds. The third kappa shape index (κ3) is 20900. The molecule has 0 radical (unpaired) electrons. The summed E-state index contributed by atoms with van der Waals surface area (Å²) in [6.07, 6.45) is 0. The van der Waals surface area contributed by atoms with Crippen molar-refractivity contribution < 1.29 is 23.5 Å². The van der Waals surface area contributed by atoms with Gasteiger partial charge in [0.05, 0.1) is 0 Å². The molecule has 0 saturated heterocycles. The van der Waals surface area contributed by atoms with Gasteiger partial charge in [0, 0.05) is 8.07 Å². The van der Waals surface area contributed by atoms with Crippen molar-refractivity contribution in [2.75, 3.05) is 0 Å². The van der Waals surface area contributed by atoms with Crippen molar-refractivity contribution in [3.8, 4) is 0 Å². The smallest absolute Gasteiger partial charge is 0.0411 e. The van der Waals surface area contributed by atoms with Crippen molar-refractivity contribution in [3.05, 3.63) is 0 Å². The molecule has 10 heavy (non-hydrogen) atoms. The molecule has 0 aliphatic carbocycles. The fourth-order valence-corrected chi connectivity index (χ4v) is 0. The van der Waals surface area contributed by atoms with E-state index in [-0.39, 0.29) is 23.5 Å². The first-order valence-electron chi connectivity index (χ1n) is 2.00. The van der Waals surface area contributed by atoms with Crippen LogP contribution in [0.25, 0.3) is 0 Å². The van der Waals surface area contributed by atoms with Crippen molar-refractivity contribution >= 4 is 8.07 Å². The SMILES string of the molecule is C[Si](C)(C)C.F.F.F.F.F. The van der Waals surface area contributed by atoms with Crippen LogP contribution in [0.4, 0.5) is 23.5 Å². The molecular weight excluding hydrogens is 171 g/mol. The van der Waals surface area contributed by atoms with Crippen LogP contribution in [0.1, 0.15) is 0 Å². The van der Waals surface area contributed by atoms with Crippen LogP contribution < -0.4 is 0 Å². The summed E-state index contributed by atoms with van der Waals surface area (Å²) >= 11 is 0. The van der Waals surface area contributed by atoms with Crippen LogP contribution in [-0.2, 0) is 0 Å². The minimum Gasteiger partial charge on any atom is -0.269 e. The monoisotopic (exact) mass is 188 g/mol. The fourth-order valence-electron chi connectivity index (χ4n) is 0. The molecule has 0 atom stereocenters. The maximum atomic E-state index is 2.33. The molecule has 0 aromatic carbocycles. The molecule has 0 spiro atoms. The van der Waals surface area contributed by atoms with Crippen molar-refractivity contribution in [1.29, 1.82) is 0 Å². The topological polar surface area (TPSA) is 0 Å². The molecule has 0 aromatic rings. The molecule has 0 aliphatic heterocycles. The normalized spacial score (nSPS) is 6.00. The highest BCUT2D eigenvalue weighted by atomic mass is 28.3. The lowest BCUT2D eigenvalue weighted by Gasteiger charge is -2.01. The number of rotatable bonds is 0. The summed E-state index contributed by atoms with van der Waals surface area (Å²) in [5.74, 6) is 0. The van der Waals surface area contributed by atoms with Crippen LogP contribution in [0.3, 0.4) is 0 Å².